The van der Waals surface area contributed by atoms with Crippen LogP contribution in [-0.2, 0) is 19.9 Å². The Hall–Kier alpha value is -2.40. The molecule has 2 rings (SSSR count). The van der Waals surface area contributed by atoms with Crippen molar-refractivity contribution >= 4 is 26.9 Å². The maximum Gasteiger partial charge on any atom is 0.534 e. The zero-order chi connectivity index (χ0) is 19.9. The van der Waals surface area contributed by atoms with Crippen molar-refractivity contribution < 1.29 is 45.1 Å². The van der Waals surface area contributed by atoms with Gasteiger partial charge in [0, 0.05) is 15.5 Å². The Morgan fingerprint density at radius 2 is 1.81 bits per heavy atom. The summed E-state index contributed by atoms with van der Waals surface area (Å²) in [7, 11) is -6.11. The number of alkyl halides is 3. The van der Waals surface area contributed by atoms with E-state index in [4.69, 9.17) is 0 Å². The normalized spacial score (nSPS) is 13.5. The second-order valence-electron chi connectivity index (χ2n) is 5.44. The van der Waals surface area contributed by atoms with Gasteiger partial charge in [0.25, 0.3) is 0 Å². The van der Waals surface area contributed by atoms with E-state index < -0.39 is 39.0 Å². The topological polar surface area (TPSA) is 89.9 Å². The Balaban J connectivity index is 2.84. The molecule has 0 aliphatic rings. The van der Waals surface area contributed by atoms with E-state index in [0.717, 1.165) is 0 Å². The van der Waals surface area contributed by atoms with Crippen LogP contribution in [0.1, 0.15) is 22.8 Å². The van der Waals surface area contributed by atoms with Crippen LogP contribution in [-0.4, -0.2) is 25.0 Å². The number of benzene rings is 2. The highest BCUT2D eigenvalue weighted by Gasteiger charge is 2.49. The lowest BCUT2D eigenvalue weighted by Gasteiger charge is -2.19. The van der Waals surface area contributed by atoms with Gasteiger partial charge in [0.2, 0.25) is 0 Å². The molecular weight excluding hydrogens is 384 g/mol. The SMILES string of the molecule is Cc1ccc2c(OS(=O)(=O)C(F)(F)F)c(C(O)C(=O)OF)c(C)cc2c1. The summed E-state index contributed by atoms with van der Waals surface area (Å²) >= 11 is 0. The van der Waals surface area contributed by atoms with Crippen LogP contribution in [0.4, 0.5) is 17.7 Å². The van der Waals surface area contributed by atoms with Crippen LogP contribution in [0.5, 0.6) is 5.75 Å². The van der Waals surface area contributed by atoms with Crippen molar-refractivity contribution in [3.8, 4) is 5.75 Å². The monoisotopic (exact) mass is 396 g/mol. The third kappa shape index (κ3) is 3.58. The van der Waals surface area contributed by atoms with Crippen LogP contribution >= 0.6 is 0 Å². The molecule has 0 saturated carbocycles. The Kier molecular flexibility index (Phi) is 5.15. The van der Waals surface area contributed by atoms with Crippen LogP contribution in [0.25, 0.3) is 10.8 Å². The molecule has 0 aliphatic carbocycles. The molecule has 1 N–H and O–H groups in total. The predicted octanol–water partition coefficient (Wildman–Crippen LogP) is 3.15. The van der Waals surface area contributed by atoms with Crippen molar-refractivity contribution in [2.24, 2.45) is 0 Å². The van der Waals surface area contributed by atoms with E-state index in [0.29, 0.717) is 10.9 Å². The third-order valence-electron chi connectivity index (χ3n) is 3.54. The summed E-state index contributed by atoms with van der Waals surface area (Å²) in [6.07, 6.45) is -2.40. The maximum absolute atomic E-state index is 12.7. The number of halogens is 4. The Morgan fingerprint density at radius 3 is 2.35 bits per heavy atom. The van der Waals surface area contributed by atoms with E-state index in [1.807, 2.05) is 0 Å². The van der Waals surface area contributed by atoms with Gasteiger partial charge < -0.3 is 9.29 Å². The summed E-state index contributed by atoms with van der Waals surface area (Å²) in [5.74, 6) is -2.77. The van der Waals surface area contributed by atoms with E-state index in [1.165, 1.54) is 31.2 Å². The van der Waals surface area contributed by atoms with Gasteiger partial charge in [-0.25, -0.2) is 4.79 Å². The van der Waals surface area contributed by atoms with Gasteiger partial charge in [0.15, 0.2) is 11.9 Å². The second kappa shape index (κ2) is 6.72. The molecule has 0 aromatic heterocycles. The van der Waals surface area contributed by atoms with Gasteiger partial charge in [-0.05, 0) is 24.8 Å². The molecule has 2 aromatic rings. The number of carbonyl (C=O) groups excluding carboxylic acids is 1. The summed E-state index contributed by atoms with van der Waals surface area (Å²) < 4.78 is 77.4. The quantitative estimate of drug-likeness (QED) is 0.485. The minimum Gasteiger partial charge on any atom is -0.377 e. The van der Waals surface area contributed by atoms with Crippen molar-refractivity contribution in [1.29, 1.82) is 0 Å². The molecule has 0 bridgehead atoms. The molecule has 2 aromatic carbocycles. The fraction of sp³-hybridized carbons (Fsp3) is 0.267. The van der Waals surface area contributed by atoms with Gasteiger partial charge in [0.1, 0.15) is 0 Å². The largest absolute Gasteiger partial charge is 0.534 e. The number of rotatable bonds is 4. The van der Waals surface area contributed by atoms with Gasteiger partial charge in [-0.1, -0.05) is 29.8 Å². The zero-order valence-corrected chi connectivity index (χ0v) is 14.1. The van der Waals surface area contributed by atoms with Gasteiger partial charge in [-0.15, -0.1) is 0 Å². The highest BCUT2D eigenvalue weighted by Crippen LogP contribution is 2.40. The first-order valence-corrected chi connectivity index (χ1v) is 8.35. The fourth-order valence-electron chi connectivity index (χ4n) is 2.39. The summed E-state index contributed by atoms with van der Waals surface area (Å²) in [6, 6.07) is 5.61. The van der Waals surface area contributed by atoms with Crippen LogP contribution in [0.15, 0.2) is 24.3 Å². The molecule has 142 valence electrons. The molecular formula is C15H12F4O6S. The predicted molar refractivity (Wildman–Crippen MR) is 81.2 cm³/mol. The molecule has 0 saturated heterocycles. The average Bonchev–Trinajstić information content (AvgIpc) is 2.51. The number of hydrogen-bond acceptors (Lipinski definition) is 6. The second-order valence-corrected chi connectivity index (χ2v) is 6.98. The lowest BCUT2D eigenvalue weighted by Crippen LogP contribution is -2.29. The van der Waals surface area contributed by atoms with Crippen molar-refractivity contribution in [2.45, 2.75) is 25.5 Å². The number of fused-ring (bicyclic) bond motifs is 1. The standard InChI is InChI=1S/C15H12F4O6S/c1-7-3-4-10-9(5-7)6-8(2)11(12(20)14(21)24-19)13(10)25-26(22,23)15(16,17)18/h3-6,12,20H,1-2H3. The van der Waals surface area contributed by atoms with Gasteiger partial charge in [0.05, 0.1) is 0 Å². The van der Waals surface area contributed by atoms with E-state index in [1.54, 1.807) is 6.92 Å². The molecule has 0 fully saturated rings. The van der Waals surface area contributed by atoms with Crippen LogP contribution in [0.3, 0.4) is 0 Å². The Bertz CT molecular complexity index is 968. The molecule has 26 heavy (non-hydrogen) atoms. The zero-order valence-electron chi connectivity index (χ0n) is 13.3. The van der Waals surface area contributed by atoms with E-state index in [2.05, 4.69) is 9.12 Å². The molecule has 0 amide bonds. The Morgan fingerprint density at radius 1 is 1.19 bits per heavy atom. The highest BCUT2D eigenvalue weighted by atomic mass is 32.2. The number of aryl methyl sites for hydroxylation is 2. The Labute approximate surface area is 145 Å². The molecule has 0 spiro atoms. The third-order valence-corrected chi connectivity index (χ3v) is 4.50. The summed E-state index contributed by atoms with van der Waals surface area (Å²) in [6.45, 7) is 2.96. The number of hydrogen-bond donors (Lipinski definition) is 1. The van der Waals surface area contributed by atoms with Crippen molar-refractivity contribution in [3.63, 3.8) is 0 Å². The number of aliphatic hydroxyl groups is 1. The molecule has 1 atom stereocenters. The summed E-state index contributed by atoms with van der Waals surface area (Å²) in [5.41, 5.74) is -5.71. The first-order valence-electron chi connectivity index (χ1n) is 6.94. The summed E-state index contributed by atoms with van der Waals surface area (Å²) in [4.78, 5) is 14.2. The van der Waals surface area contributed by atoms with Gasteiger partial charge in [-0.3, -0.25) is 4.94 Å². The maximum atomic E-state index is 12.7. The first-order chi connectivity index (χ1) is 11.9. The summed E-state index contributed by atoms with van der Waals surface area (Å²) in [5, 5.41) is 10.1. The fourth-order valence-corrected chi connectivity index (χ4v) is 2.88. The van der Waals surface area contributed by atoms with Crippen molar-refractivity contribution in [1.82, 2.24) is 0 Å². The first kappa shape index (κ1) is 19.9. The van der Waals surface area contributed by atoms with Crippen LogP contribution in [0.2, 0.25) is 0 Å². The molecule has 0 aliphatic heterocycles. The van der Waals surface area contributed by atoms with Crippen molar-refractivity contribution in [3.05, 3.63) is 41.0 Å². The minimum absolute atomic E-state index is 0.00613. The van der Waals surface area contributed by atoms with Crippen LogP contribution in [0, 0.1) is 13.8 Å². The van der Waals surface area contributed by atoms with Crippen LogP contribution < -0.4 is 4.18 Å². The minimum atomic E-state index is -6.11. The van der Waals surface area contributed by atoms with Gasteiger partial charge >= 0.3 is 21.6 Å². The average molecular weight is 396 g/mol. The molecule has 0 radical (unpaired) electrons. The van der Waals surface area contributed by atoms with E-state index >= 15 is 0 Å². The highest BCUT2D eigenvalue weighted by molar-refractivity contribution is 7.88. The van der Waals surface area contributed by atoms with E-state index in [9.17, 15) is 36.0 Å². The number of aliphatic hydroxyl groups excluding tert-OH is 1. The number of carbonyl (C=O) groups is 1. The molecule has 1 unspecified atom stereocenters. The molecule has 6 nitrogen and oxygen atoms in total. The lowest BCUT2D eigenvalue weighted by atomic mass is 9.95. The molecule has 0 heterocycles. The van der Waals surface area contributed by atoms with Gasteiger partial charge in [-0.2, -0.15) is 21.6 Å². The van der Waals surface area contributed by atoms with E-state index in [-0.39, 0.29) is 10.9 Å². The molecule has 11 heteroatoms. The van der Waals surface area contributed by atoms with Crippen molar-refractivity contribution in [2.75, 3.05) is 0 Å². The lowest BCUT2D eigenvalue weighted by molar-refractivity contribution is -0.194. The smallest absolute Gasteiger partial charge is 0.377 e.